The molecule has 2 unspecified atom stereocenters. The van der Waals surface area contributed by atoms with Crippen LogP contribution in [0, 0.1) is 5.92 Å². The monoisotopic (exact) mass is 312 g/mol. The van der Waals surface area contributed by atoms with Crippen LogP contribution in [0.3, 0.4) is 0 Å². The van der Waals surface area contributed by atoms with Crippen molar-refractivity contribution in [3.8, 4) is 0 Å². The molecule has 118 valence electrons. The maximum atomic E-state index is 12.5. The number of hydrogen-bond donors (Lipinski definition) is 2. The van der Waals surface area contributed by atoms with E-state index in [1.165, 1.54) is 0 Å². The first-order chi connectivity index (χ1) is 9.97. The molecule has 0 radical (unpaired) electrons. The normalized spacial score (nSPS) is 20.6. The largest absolute Gasteiger partial charge is 0.381 e. The van der Waals surface area contributed by atoms with Crippen LogP contribution in [0.2, 0.25) is 0 Å². The van der Waals surface area contributed by atoms with Crippen LogP contribution >= 0.6 is 0 Å². The van der Waals surface area contributed by atoms with E-state index in [0.29, 0.717) is 19.8 Å². The van der Waals surface area contributed by atoms with E-state index in [9.17, 15) is 8.42 Å². The van der Waals surface area contributed by atoms with Crippen molar-refractivity contribution in [1.82, 2.24) is 4.72 Å². The maximum absolute atomic E-state index is 12.5. The Hall–Kier alpha value is -0.950. The predicted octanol–water partition coefficient (Wildman–Crippen LogP) is 1.41. The number of ether oxygens (including phenoxy) is 1. The summed E-state index contributed by atoms with van der Waals surface area (Å²) in [5.74, 6) is 0.240. The summed E-state index contributed by atoms with van der Waals surface area (Å²) in [7, 11) is -3.52. The summed E-state index contributed by atoms with van der Waals surface area (Å²) in [4.78, 5) is 0.283. The molecule has 0 saturated carbocycles. The van der Waals surface area contributed by atoms with E-state index < -0.39 is 10.0 Å². The average Bonchev–Trinajstić information content (AvgIpc) is 3.00. The molecular weight excluding hydrogens is 288 g/mol. The zero-order valence-corrected chi connectivity index (χ0v) is 13.4. The van der Waals surface area contributed by atoms with Crippen LogP contribution in [-0.4, -0.2) is 27.7 Å². The van der Waals surface area contributed by atoms with Crippen molar-refractivity contribution in [2.24, 2.45) is 11.7 Å². The van der Waals surface area contributed by atoms with Gasteiger partial charge in [-0.1, -0.05) is 13.0 Å². The summed E-state index contributed by atoms with van der Waals surface area (Å²) in [6.07, 6.45) is 1.74. The van der Waals surface area contributed by atoms with Gasteiger partial charge in [-0.2, -0.15) is 0 Å². The Morgan fingerprint density at radius 1 is 1.43 bits per heavy atom. The van der Waals surface area contributed by atoms with Gasteiger partial charge in [0.1, 0.15) is 0 Å². The SMILES string of the molecule is CCc1ccc(S(=O)(=O)NC(C)C2CCOC2)cc1CN. The second kappa shape index (κ2) is 6.87. The highest BCUT2D eigenvalue weighted by atomic mass is 32.2. The molecular formula is C15H24N2O3S. The Morgan fingerprint density at radius 2 is 2.19 bits per heavy atom. The Morgan fingerprint density at radius 3 is 2.76 bits per heavy atom. The van der Waals surface area contributed by atoms with Gasteiger partial charge < -0.3 is 10.5 Å². The van der Waals surface area contributed by atoms with Gasteiger partial charge in [-0.15, -0.1) is 0 Å². The van der Waals surface area contributed by atoms with Gasteiger partial charge in [0.15, 0.2) is 0 Å². The number of hydrogen-bond acceptors (Lipinski definition) is 4. The van der Waals surface area contributed by atoms with Gasteiger partial charge in [0, 0.05) is 25.1 Å². The van der Waals surface area contributed by atoms with Gasteiger partial charge in [-0.05, 0) is 43.0 Å². The number of nitrogens with one attached hydrogen (secondary N) is 1. The van der Waals surface area contributed by atoms with Gasteiger partial charge in [-0.3, -0.25) is 0 Å². The first kappa shape index (κ1) is 16.4. The fraction of sp³-hybridized carbons (Fsp3) is 0.600. The number of nitrogens with two attached hydrogens (primary N) is 1. The summed E-state index contributed by atoms with van der Waals surface area (Å²) < 4.78 is 33.0. The molecule has 1 heterocycles. The molecule has 2 rings (SSSR count). The fourth-order valence-corrected chi connectivity index (χ4v) is 4.02. The molecule has 0 spiro atoms. The van der Waals surface area contributed by atoms with E-state index in [4.69, 9.17) is 10.5 Å². The molecule has 3 N–H and O–H groups in total. The van der Waals surface area contributed by atoms with Crippen molar-refractivity contribution in [1.29, 1.82) is 0 Å². The van der Waals surface area contributed by atoms with Crippen molar-refractivity contribution in [2.45, 2.75) is 44.2 Å². The Kier molecular flexibility index (Phi) is 5.37. The molecule has 5 nitrogen and oxygen atoms in total. The van der Waals surface area contributed by atoms with Gasteiger partial charge in [0.2, 0.25) is 10.0 Å². The smallest absolute Gasteiger partial charge is 0.240 e. The van der Waals surface area contributed by atoms with Crippen LogP contribution < -0.4 is 10.5 Å². The van der Waals surface area contributed by atoms with E-state index in [1.54, 1.807) is 12.1 Å². The van der Waals surface area contributed by atoms with Gasteiger partial charge >= 0.3 is 0 Å². The van der Waals surface area contributed by atoms with Gasteiger partial charge in [-0.25, -0.2) is 13.1 Å². The summed E-state index contributed by atoms with van der Waals surface area (Å²) in [5, 5.41) is 0. The first-order valence-electron chi connectivity index (χ1n) is 7.40. The topological polar surface area (TPSA) is 81.4 Å². The third kappa shape index (κ3) is 3.83. The van der Waals surface area contributed by atoms with Gasteiger partial charge in [0.05, 0.1) is 11.5 Å². The molecule has 21 heavy (non-hydrogen) atoms. The molecule has 1 aliphatic heterocycles. The fourth-order valence-electron chi connectivity index (χ4n) is 2.66. The van der Waals surface area contributed by atoms with E-state index >= 15 is 0 Å². The highest BCUT2D eigenvalue weighted by molar-refractivity contribution is 7.89. The van der Waals surface area contributed by atoms with Crippen molar-refractivity contribution in [3.05, 3.63) is 29.3 Å². The van der Waals surface area contributed by atoms with Crippen molar-refractivity contribution >= 4 is 10.0 Å². The second-order valence-electron chi connectivity index (χ2n) is 5.52. The number of rotatable bonds is 6. The molecule has 1 aromatic carbocycles. The molecule has 6 heteroatoms. The molecule has 1 saturated heterocycles. The van der Waals surface area contributed by atoms with E-state index in [2.05, 4.69) is 4.72 Å². The van der Waals surface area contributed by atoms with Gasteiger partial charge in [0.25, 0.3) is 0 Å². The van der Waals surface area contributed by atoms with E-state index in [-0.39, 0.29) is 16.9 Å². The van der Waals surface area contributed by atoms with Crippen LogP contribution in [0.1, 0.15) is 31.4 Å². The van der Waals surface area contributed by atoms with Crippen molar-refractivity contribution in [2.75, 3.05) is 13.2 Å². The molecule has 2 atom stereocenters. The standard InChI is InChI=1S/C15H24N2O3S/c1-3-12-4-5-15(8-14(12)9-16)21(18,19)17-11(2)13-6-7-20-10-13/h4-5,8,11,13,17H,3,6-7,9-10,16H2,1-2H3. The quantitative estimate of drug-likeness (QED) is 0.832. The first-order valence-corrected chi connectivity index (χ1v) is 8.88. The molecule has 0 bridgehead atoms. The lowest BCUT2D eigenvalue weighted by molar-refractivity contribution is 0.180. The summed E-state index contributed by atoms with van der Waals surface area (Å²) in [5.41, 5.74) is 7.69. The van der Waals surface area contributed by atoms with Crippen LogP contribution in [0.15, 0.2) is 23.1 Å². The summed E-state index contributed by atoms with van der Waals surface area (Å²) >= 11 is 0. The third-order valence-electron chi connectivity index (χ3n) is 4.10. The van der Waals surface area contributed by atoms with Crippen molar-refractivity contribution in [3.63, 3.8) is 0 Å². The zero-order chi connectivity index (χ0) is 15.5. The highest BCUT2D eigenvalue weighted by Gasteiger charge is 2.27. The molecule has 0 amide bonds. The van der Waals surface area contributed by atoms with E-state index in [0.717, 1.165) is 24.0 Å². The average molecular weight is 312 g/mol. The minimum Gasteiger partial charge on any atom is -0.381 e. The molecule has 1 aromatic rings. The Bertz CT molecular complexity index is 581. The Balaban J connectivity index is 2.18. The second-order valence-corrected chi connectivity index (χ2v) is 7.24. The van der Waals surface area contributed by atoms with E-state index in [1.807, 2.05) is 19.9 Å². The molecule has 0 aliphatic carbocycles. The van der Waals surface area contributed by atoms with Crippen molar-refractivity contribution < 1.29 is 13.2 Å². The van der Waals surface area contributed by atoms with Crippen LogP contribution in [0.25, 0.3) is 0 Å². The van der Waals surface area contributed by atoms with Crippen LogP contribution in [0.5, 0.6) is 0 Å². The summed E-state index contributed by atoms with van der Waals surface area (Å²) in [6.45, 7) is 5.59. The molecule has 1 aliphatic rings. The third-order valence-corrected chi connectivity index (χ3v) is 5.66. The number of aryl methyl sites for hydroxylation is 1. The molecule has 1 fully saturated rings. The lowest BCUT2D eigenvalue weighted by Crippen LogP contribution is -2.38. The zero-order valence-electron chi connectivity index (χ0n) is 12.6. The summed E-state index contributed by atoms with van der Waals surface area (Å²) in [6, 6.07) is 5.04. The molecule has 0 aromatic heterocycles. The lowest BCUT2D eigenvalue weighted by Gasteiger charge is -2.19. The minimum absolute atomic E-state index is 0.135. The highest BCUT2D eigenvalue weighted by Crippen LogP contribution is 2.20. The van der Waals surface area contributed by atoms with Crippen LogP contribution in [0.4, 0.5) is 0 Å². The Labute approximate surface area is 126 Å². The lowest BCUT2D eigenvalue weighted by atomic mass is 10.0. The number of sulfonamides is 1. The maximum Gasteiger partial charge on any atom is 0.240 e. The minimum atomic E-state index is -3.52. The van der Waals surface area contributed by atoms with Crippen LogP contribution in [-0.2, 0) is 27.7 Å². The number of benzene rings is 1. The predicted molar refractivity (Wildman–Crippen MR) is 82.4 cm³/mol.